The summed E-state index contributed by atoms with van der Waals surface area (Å²) in [7, 11) is 0. The van der Waals surface area contributed by atoms with Crippen LogP contribution in [0.25, 0.3) is 10.9 Å². The predicted molar refractivity (Wildman–Crippen MR) is 81.2 cm³/mol. The van der Waals surface area contributed by atoms with Crippen molar-refractivity contribution in [2.24, 2.45) is 0 Å². The molecule has 0 radical (unpaired) electrons. The number of aromatic amines is 1. The van der Waals surface area contributed by atoms with Gasteiger partial charge in [-0.3, -0.25) is 0 Å². The maximum Gasteiger partial charge on any atom is 0.0705 e. The number of H-pyrrole nitrogens is 1. The largest absolute Gasteiger partial charge is 0.377 e. The van der Waals surface area contributed by atoms with E-state index in [9.17, 15) is 0 Å². The molecule has 3 atom stereocenters. The normalized spacial score (nSPS) is 28.6. The van der Waals surface area contributed by atoms with Crippen molar-refractivity contribution in [1.82, 2.24) is 10.3 Å². The zero-order chi connectivity index (χ0) is 13.5. The first kappa shape index (κ1) is 12.4. The van der Waals surface area contributed by atoms with Gasteiger partial charge in [0.1, 0.15) is 0 Å². The lowest BCUT2D eigenvalue weighted by molar-refractivity contribution is 0.0226. The summed E-state index contributed by atoms with van der Waals surface area (Å²) in [4.78, 5) is 3.42. The Kier molecular flexibility index (Phi) is 3.04. The van der Waals surface area contributed by atoms with Gasteiger partial charge in [-0.05, 0) is 36.5 Å². The number of fused-ring (bicyclic) bond motifs is 2. The van der Waals surface area contributed by atoms with Crippen LogP contribution in [0.5, 0.6) is 0 Å². The summed E-state index contributed by atoms with van der Waals surface area (Å²) in [5, 5.41) is 5.18. The van der Waals surface area contributed by atoms with Crippen LogP contribution in [0.2, 0.25) is 0 Å². The molecule has 1 aromatic carbocycles. The molecule has 0 saturated carbocycles. The molecule has 106 valence electrons. The molecule has 4 rings (SSSR count). The molecule has 0 bridgehead atoms. The number of nitrogens with one attached hydrogen (secondary N) is 2. The van der Waals surface area contributed by atoms with E-state index < -0.39 is 0 Å². The second kappa shape index (κ2) is 4.90. The van der Waals surface area contributed by atoms with Crippen LogP contribution >= 0.6 is 0 Å². The second-order valence-electron chi connectivity index (χ2n) is 6.14. The number of aromatic nitrogens is 1. The topological polar surface area (TPSA) is 37.0 Å². The van der Waals surface area contributed by atoms with Gasteiger partial charge in [0.05, 0.1) is 6.10 Å². The lowest BCUT2D eigenvalue weighted by atomic mass is 9.75. The maximum absolute atomic E-state index is 5.98. The molecule has 1 fully saturated rings. The molecule has 2 heterocycles. The molecule has 1 saturated heterocycles. The van der Waals surface area contributed by atoms with Crippen LogP contribution in [0.4, 0.5) is 0 Å². The molecule has 1 unspecified atom stereocenters. The van der Waals surface area contributed by atoms with Gasteiger partial charge in [-0.1, -0.05) is 19.1 Å². The fourth-order valence-corrected chi connectivity index (χ4v) is 3.92. The van der Waals surface area contributed by atoms with E-state index >= 15 is 0 Å². The predicted octanol–water partition coefficient (Wildman–Crippen LogP) is 2.96. The molecule has 2 aliphatic rings. The highest BCUT2D eigenvalue weighted by Gasteiger charge is 2.36. The van der Waals surface area contributed by atoms with Gasteiger partial charge in [0.25, 0.3) is 0 Å². The van der Waals surface area contributed by atoms with Crippen molar-refractivity contribution in [2.75, 3.05) is 13.2 Å². The van der Waals surface area contributed by atoms with E-state index in [1.807, 2.05) is 0 Å². The Labute approximate surface area is 119 Å². The van der Waals surface area contributed by atoms with Gasteiger partial charge in [-0.25, -0.2) is 0 Å². The Morgan fingerprint density at radius 3 is 3.20 bits per heavy atom. The Morgan fingerprint density at radius 1 is 1.35 bits per heavy atom. The molecule has 2 N–H and O–H groups in total. The zero-order valence-corrected chi connectivity index (χ0v) is 12.0. The van der Waals surface area contributed by atoms with E-state index in [-0.39, 0.29) is 0 Å². The minimum atomic E-state index is 0.368. The fraction of sp³-hybridized carbons (Fsp3) is 0.529. The van der Waals surface area contributed by atoms with Gasteiger partial charge in [0, 0.05) is 42.2 Å². The lowest BCUT2D eigenvalue weighted by Crippen LogP contribution is -2.49. The summed E-state index contributed by atoms with van der Waals surface area (Å²) in [6, 6.07) is 7.24. The van der Waals surface area contributed by atoms with Gasteiger partial charge < -0.3 is 15.0 Å². The van der Waals surface area contributed by atoms with Gasteiger partial charge >= 0.3 is 0 Å². The van der Waals surface area contributed by atoms with Crippen molar-refractivity contribution in [3.8, 4) is 0 Å². The standard InChI is InChI=1S/C17H22N2O/c1-2-6-20-12-8-14-13-4-3-5-15-17(13)11(9-18-15)7-16(14)19-10-12/h3-5,9,12,14,16,18-19H,2,6-8,10H2,1H3/t12?,14-,16-/m1/s1. The Balaban J connectivity index is 1.68. The maximum atomic E-state index is 5.98. The van der Waals surface area contributed by atoms with Crippen LogP contribution in [0.15, 0.2) is 24.4 Å². The van der Waals surface area contributed by atoms with E-state index in [4.69, 9.17) is 4.74 Å². The molecule has 1 aliphatic heterocycles. The van der Waals surface area contributed by atoms with Gasteiger partial charge in [-0.15, -0.1) is 0 Å². The number of hydrogen-bond acceptors (Lipinski definition) is 2. The average Bonchev–Trinajstić information content (AvgIpc) is 2.90. The van der Waals surface area contributed by atoms with Crippen LogP contribution in [0.1, 0.15) is 36.8 Å². The third-order valence-electron chi connectivity index (χ3n) is 4.83. The molecule has 0 amide bonds. The Bertz CT molecular complexity index is 618. The Morgan fingerprint density at radius 2 is 2.30 bits per heavy atom. The number of piperidine rings is 1. The summed E-state index contributed by atoms with van der Waals surface area (Å²) < 4.78 is 5.98. The first-order valence-corrected chi connectivity index (χ1v) is 7.80. The van der Waals surface area contributed by atoms with Crippen molar-refractivity contribution in [3.05, 3.63) is 35.5 Å². The smallest absolute Gasteiger partial charge is 0.0705 e. The molecule has 0 spiro atoms. The van der Waals surface area contributed by atoms with E-state index in [0.29, 0.717) is 18.1 Å². The van der Waals surface area contributed by atoms with Crippen LogP contribution in [-0.2, 0) is 11.2 Å². The Hall–Kier alpha value is -1.32. The first-order chi connectivity index (χ1) is 9.86. The summed E-state index contributed by atoms with van der Waals surface area (Å²) >= 11 is 0. The lowest BCUT2D eigenvalue weighted by Gasteiger charge is -2.40. The second-order valence-corrected chi connectivity index (χ2v) is 6.14. The van der Waals surface area contributed by atoms with Crippen molar-refractivity contribution >= 4 is 10.9 Å². The summed E-state index contributed by atoms with van der Waals surface area (Å²) in [6.45, 7) is 4.05. The summed E-state index contributed by atoms with van der Waals surface area (Å²) in [6.07, 6.45) is 5.95. The van der Waals surface area contributed by atoms with Crippen LogP contribution < -0.4 is 5.32 Å². The average molecular weight is 270 g/mol. The summed E-state index contributed by atoms with van der Waals surface area (Å²) in [5.74, 6) is 0.595. The quantitative estimate of drug-likeness (QED) is 0.899. The van der Waals surface area contributed by atoms with Crippen molar-refractivity contribution in [2.45, 2.75) is 44.2 Å². The van der Waals surface area contributed by atoms with E-state index in [0.717, 1.165) is 32.4 Å². The van der Waals surface area contributed by atoms with E-state index in [1.165, 1.54) is 22.0 Å². The number of benzene rings is 1. The molecular formula is C17H22N2O. The fourth-order valence-electron chi connectivity index (χ4n) is 3.92. The number of ether oxygens (including phenoxy) is 1. The highest BCUT2D eigenvalue weighted by atomic mass is 16.5. The highest BCUT2D eigenvalue weighted by Crippen LogP contribution is 2.40. The first-order valence-electron chi connectivity index (χ1n) is 7.80. The number of hydrogen-bond donors (Lipinski definition) is 2. The van der Waals surface area contributed by atoms with Crippen LogP contribution in [-0.4, -0.2) is 30.3 Å². The monoisotopic (exact) mass is 270 g/mol. The molecule has 1 aliphatic carbocycles. The van der Waals surface area contributed by atoms with Crippen molar-refractivity contribution < 1.29 is 4.74 Å². The van der Waals surface area contributed by atoms with E-state index in [1.54, 1.807) is 0 Å². The van der Waals surface area contributed by atoms with E-state index in [2.05, 4.69) is 41.6 Å². The molecule has 20 heavy (non-hydrogen) atoms. The molecule has 3 heteroatoms. The van der Waals surface area contributed by atoms with Gasteiger partial charge in [0.15, 0.2) is 0 Å². The molecule has 2 aromatic rings. The number of rotatable bonds is 3. The summed E-state index contributed by atoms with van der Waals surface area (Å²) in [5.41, 5.74) is 4.26. The van der Waals surface area contributed by atoms with Crippen molar-refractivity contribution in [1.29, 1.82) is 0 Å². The SMILES string of the molecule is CCCOC1CN[C@@H]2Cc3c[nH]c4cccc(c34)[C@H]2C1. The minimum absolute atomic E-state index is 0.368. The van der Waals surface area contributed by atoms with Crippen LogP contribution in [0.3, 0.4) is 0 Å². The van der Waals surface area contributed by atoms with Gasteiger partial charge in [0.2, 0.25) is 0 Å². The molecule has 1 aromatic heterocycles. The van der Waals surface area contributed by atoms with Gasteiger partial charge in [-0.2, -0.15) is 0 Å². The molecule has 3 nitrogen and oxygen atoms in total. The molecular weight excluding hydrogens is 248 g/mol. The van der Waals surface area contributed by atoms with Crippen molar-refractivity contribution in [3.63, 3.8) is 0 Å². The highest BCUT2D eigenvalue weighted by molar-refractivity contribution is 5.88. The minimum Gasteiger partial charge on any atom is -0.377 e. The third-order valence-corrected chi connectivity index (χ3v) is 4.83. The third kappa shape index (κ3) is 1.88. The van der Waals surface area contributed by atoms with Crippen LogP contribution in [0, 0.1) is 0 Å². The zero-order valence-electron chi connectivity index (χ0n) is 12.0.